The van der Waals surface area contributed by atoms with E-state index in [2.05, 4.69) is 22.0 Å². The summed E-state index contributed by atoms with van der Waals surface area (Å²) in [7, 11) is 4.03. The molecule has 0 bridgehead atoms. The number of nitrogens with zero attached hydrogens (tertiary/aromatic N) is 3. The maximum Gasteiger partial charge on any atom is 0.270 e. The van der Waals surface area contributed by atoms with Gasteiger partial charge in [0.05, 0.1) is 20.1 Å². The molecule has 2 heterocycles. The van der Waals surface area contributed by atoms with E-state index in [1.165, 1.54) is 22.4 Å². The summed E-state index contributed by atoms with van der Waals surface area (Å²) in [5, 5.41) is 12.8. The second kappa shape index (κ2) is 5.86. The van der Waals surface area contributed by atoms with E-state index in [1.807, 2.05) is 26.2 Å². The Hall–Kier alpha value is -2.25. The van der Waals surface area contributed by atoms with E-state index < -0.39 is 0 Å². The first-order valence-corrected chi connectivity index (χ1v) is 8.16. The zero-order valence-electron chi connectivity index (χ0n) is 12.0. The number of benzene rings is 1. The number of thiophene rings is 1. The summed E-state index contributed by atoms with van der Waals surface area (Å²) >= 11 is 3.15. The zero-order chi connectivity index (χ0) is 15.7. The van der Waals surface area contributed by atoms with Crippen molar-refractivity contribution in [3.8, 4) is 0 Å². The van der Waals surface area contributed by atoms with Crippen LogP contribution >= 0.6 is 22.7 Å². The van der Waals surface area contributed by atoms with Gasteiger partial charge in [-0.2, -0.15) is 0 Å². The summed E-state index contributed by atoms with van der Waals surface area (Å²) in [6.07, 6.45) is 3.96. The van der Waals surface area contributed by atoms with E-state index in [0.29, 0.717) is 0 Å². The lowest BCUT2D eigenvalue weighted by Gasteiger charge is -2.06. The number of non-ortho nitro benzene ring substituents is 1. The van der Waals surface area contributed by atoms with Crippen molar-refractivity contribution >= 4 is 55.7 Å². The number of aromatic nitrogens is 1. The second-order valence-electron chi connectivity index (χ2n) is 4.87. The molecule has 5 nitrogen and oxygen atoms in total. The summed E-state index contributed by atoms with van der Waals surface area (Å²) in [5.74, 6) is 0. The van der Waals surface area contributed by atoms with E-state index in [9.17, 15) is 10.1 Å². The number of nitro groups is 1. The third-order valence-electron chi connectivity index (χ3n) is 3.04. The molecule has 0 fully saturated rings. The molecule has 112 valence electrons. The Bertz CT molecular complexity index is 865. The smallest absolute Gasteiger partial charge is 0.270 e. The Labute approximate surface area is 135 Å². The Balaban J connectivity index is 1.86. The fourth-order valence-corrected chi connectivity index (χ4v) is 3.68. The lowest BCUT2D eigenvalue weighted by atomic mass is 10.3. The number of nitro benzene ring substituents is 1. The van der Waals surface area contributed by atoms with E-state index >= 15 is 0 Å². The van der Waals surface area contributed by atoms with E-state index in [-0.39, 0.29) is 10.6 Å². The van der Waals surface area contributed by atoms with E-state index in [4.69, 9.17) is 0 Å². The van der Waals surface area contributed by atoms with Crippen molar-refractivity contribution in [3.63, 3.8) is 0 Å². The highest BCUT2D eigenvalue weighted by Gasteiger charge is 2.09. The largest absolute Gasteiger partial charge is 0.370 e. The Morgan fingerprint density at radius 3 is 2.68 bits per heavy atom. The van der Waals surface area contributed by atoms with Crippen LogP contribution in [0.3, 0.4) is 0 Å². The minimum absolute atomic E-state index is 0.0977. The molecular weight excluding hydrogens is 318 g/mol. The fraction of sp³-hybridized carbons (Fsp3) is 0.133. The van der Waals surface area contributed by atoms with Crippen LogP contribution in [-0.2, 0) is 0 Å². The van der Waals surface area contributed by atoms with Gasteiger partial charge in [0.1, 0.15) is 5.01 Å². The number of hydrogen-bond donors (Lipinski definition) is 0. The van der Waals surface area contributed by atoms with Crippen molar-refractivity contribution < 1.29 is 4.92 Å². The van der Waals surface area contributed by atoms with Gasteiger partial charge in [0.25, 0.3) is 5.69 Å². The normalized spacial score (nSPS) is 11.4. The number of rotatable bonds is 4. The van der Waals surface area contributed by atoms with Crippen molar-refractivity contribution in [2.24, 2.45) is 0 Å². The number of thiazole rings is 1. The minimum atomic E-state index is -0.386. The van der Waals surface area contributed by atoms with Crippen LogP contribution in [0.2, 0.25) is 0 Å². The number of hydrogen-bond acceptors (Lipinski definition) is 6. The molecule has 0 radical (unpaired) electrons. The van der Waals surface area contributed by atoms with Crippen LogP contribution in [0.15, 0.2) is 30.3 Å². The molecule has 0 aliphatic heterocycles. The molecular formula is C15H13N3O2S2. The summed E-state index contributed by atoms with van der Waals surface area (Å²) in [5.41, 5.74) is 0.885. The van der Waals surface area contributed by atoms with Gasteiger partial charge < -0.3 is 4.90 Å². The molecule has 7 heteroatoms. The molecule has 0 unspecified atom stereocenters. The average Bonchev–Trinajstić information content (AvgIpc) is 3.10. The summed E-state index contributed by atoms with van der Waals surface area (Å²) in [4.78, 5) is 18.1. The average molecular weight is 331 g/mol. The molecule has 0 aliphatic rings. The Kier molecular flexibility index (Phi) is 3.91. The zero-order valence-corrected chi connectivity index (χ0v) is 13.6. The van der Waals surface area contributed by atoms with Gasteiger partial charge in [-0.25, -0.2) is 4.98 Å². The van der Waals surface area contributed by atoms with E-state index in [1.54, 1.807) is 23.5 Å². The first-order chi connectivity index (χ1) is 10.5. The lowest BCUT2D eigenvalue weighted by Crippen LogP contribution is -2.05. The highest BCUT2D eigenvalue weighted by atomic mass is 32.1. The highest BCUT2D eigenvalue weighted by molar-refractivity contribution is 7.19. The molecule has 0 saturated carbocycles. The maximum absolute atomic E-state index is 10.8. The SMILES string of the molecule is CN(C)c1ccc(C=Cc2nc3ccc([N+](=O)[O-])cc3s2)s1. The highest BCUT2D eigenvalue weighted by Crippen LogP contribution is 2.29. The number of fused-ring (bicyclic) bond motifs is 1. The van der Waals surface area contributed by atoms with Crippen molar-refractivity contribution in [2.75, 3.05) is 19.0 Å². The molecule has 22 heavy (non-hydrogen) atoms. The fourth-order valence-electron chi connectivity index (χ4n) is 1.94. The predicted octanol–water partition coefficient (Wildman–Crippen LogP) is 4.50. The molecule has 3 rings (SSSR count). The molecule has 2 aromatic heterocycles. The molecule has 0 atom stereocenters. The molecule has 1 aromatic carbocycles. The van der Waals surface area contributed by atoms with Crippen molar-refractivity contribution in [2.45, 2.75) is 0 Å². The summed E-state index contributed by atoms with van der Waals surface area (Å²) in [6, 6.07) is 8.88. The van der Waals surface area contributed by atoms with Gasteiger partial charge in [0, 0.05) is 31.1 Å². The molecule has 3 aromatic rings. The topological polar surface area (TPSA) is 59.3 Å². The van der Waals surface area contributed by atoms with Gasteiger partial charge in [0.15, 0.2) is 0 Å². The minimum Gasteiger partial charge on any atom is -0.370 e. The quantitative estimate of drug-likeness (QED) is 0.521. The standard InChI is InChI=1S/C15H13N3O2S2/c1-17(2)15-8-5-11(21-15)4-7-14-16-12-6-3-10(18(19)20)9-13(12)22-14/h3-9H,1-2H3. The van der Waals surface area contributed by atoms with Gasteiger partial charge in [-0.1, -0.05) is 0 Å². The van der Waals surface area contributed by atoms with Crippen molar-refractivity contribution in [1.82, 2.24) is 4.98 Å². The monoisotopic (exact) mass is 331 g/mol. The van der Waals surface area contributed by atoms with Gasteiger partial charge in [0.2, 0.25) is 0 Å². The van der Waals surface area contributed by atoms with Gasteiger partial charge in [-0.15, -0.1) is 22.7 Å². The second-order valence-corrected chi connectivity index (χ2v) is 7.02. The van der Waals surface area contributed by atoms with Crippen LogP contribution in [0.5, 0.6) is 0 Å². The van der Waals surface area contributed by atoms with Gasteiger partial charge >= 0.3 is 0 Å². The van der Waals surface area contributed by atoms with Crippen LogP contribution in [0.4, 0.5) is 10.7 Å². The van der Waals surface area contributed by atoms with E-state index in [0.717, 1.165) is 20.1 Å². The van der Waals surface area contributed by atoms with Crippen LogP contribution < -0.4 is 4.90 Å². The maximum atomic E-state index is 10.8. The Morgan fingerprint density at radius 2 is 2.00 bits per heavy atom. The predicted molar refractivity (Wildman–Crippen MR) is 93.8 cm³/mol. The molecule has 0 spiro atoms. The first-order valence-electron chi connectivity index (χ1n) is 6.53. The van der Waals surface area contributed by atoms with Crippen LogP contribution in [0.25, 0.3) is 22.4 Å². The third-order valence-corrected chi connectivity index (χ3v) is 5.24. The van der Waals surface area contributed by atoms with Crippen LogP contribution in [-0.4, -0.2) is 24.0 Å². The third kappa shape index (κ3) is 3.00. The summed E-state index contributed by atoms with van der Waals surface area (Å²) in [6.45, 7) is 0. The molecule has 0 aliphatic carbocycles. The van der Waals surface area contributed by atoms with Crippen LogP contribution in [0, 0.1) is 10.1 Å². The summed E-state index contributed by atoms with van der Waals surface area (Å²) < 4.78 is 0.828. The van der Waals surface area contributed by atoms with Gasteiger partial charge in [-0.3, -0.25) is 10.1 Å². The molecule has 0 amide bonds. The molecule has 0 N–H and O–H groups in total. The Morgan fingerprint density at radius 1 is 1.18 bits per heavy atom. The lowest BCUT2D eigenvalue weighted by molar-refractivity contribution is -0.384. The van der Waals surface area contributed by atoms with Crippen molar-refractivity contribution in [1.29, 1.82) is 0 Å². The van der Waals surface area contributed by atoms with Crippen molar-refractivity contribution in [3.05, 3.63) is 50.3 Å². The molecule has 0 saturated heterocycles. The van der Waals surface area contributed by atoms with Crippen LogP contribution in [0.1, 0.15) is 9.88 Å². The first kappa shape index (κ1) is 14.7. The number of anilines is 1. The van der Waals surface area contributed by atoms with Gasteiger partial charge in [-0.05, 0) is 30.4 Å².